The van der Waals surface area contributed by atoms with Gasteiger partial charge in [0, 0.05) is 17.9 Å². The summed E-state index contributed by atoms with van der Waals surface area (Å²) in [5.74, 6) is 0.801. The number of likely N-dealkylation sites (tertiary alicyclic amines) is 1. The Morgan fingerprint density at radius 2 is 2.00 bits per heavy atom. The van der Waals surface area contributed by atoms with Crippen LogP contribution >= 0.6 is 0 Å². The first-order valence-electron chi connectivity index (χ1n) is 8.33. The topological polar surface area (TPSA) is 44.8 Å². The molecule has 0 saturated carbocycles. The Bertz CT molecular complexity index is 592. The second kappa shape index (κ2) is 6.61. The Balaban J connectivity index is 1.58. The van der Waals surface area contributed by atoms with Crippen molar-refractivity contribution >= 4 is 0 Å². The first-order valence-corrected chi connectivity index (χ1v) is 8.33. The van der Waals surface area contributed by atoms with Gasteiger partial charge >= 0.3 is 0 Å². The number of H-pyrrole nitrogens is 1. The molecule has 0 atom stereocenters. The van der Waals surface area contributed by atoms with Crippen LogP contribution in [0.2, 0.25) is 0 Å². The molecule has 4 nitrogen and oxygen atoms in total. The molecule has 1 aliphatic heterocycles. The number of nitrogens with one attached hydrogen (secondary N) is 1. The zero-order valence-corrected chi connectivity index (χ0v) is 13.8. The van der Waals surface area contributed by atoms with Crippen molar-refractivity contribution in [2.75, 3.05) is 13.1 Å². The Kier molecular flexibility index (Phi) is 4.57. The van der Waals surface area contributed by atoms with Crippen molar-refractivity contribution in [3.05, 3.63) is 35.7 Å². The van der Waals surface area contributed by atoms with Gasteiger partial charge in [-0.2, -0.15) is 5.10 Å². The Labute approximate surface area is 133 Å². The lowest BCUT2D eigenvalue weighted by atomic mass is 9.90. The molecule has 3 rings (SSSR count). The molecule has 0 radical (unpaired) electrons. The number of aryl methyl sites for hydroxylation is 1. The van der Waals surface area contributed by atoms with E-state index >= 15 is 0 Å². The largest absolute Gasteiger partial charge is 0.301 e. The van der Waals surface area contributed by atoms with Crippen molar-refractivity contribution < 1.29 is 0 Å². The van der Waals surface area contributed by atoms with E-state index in [2.05, 4.69) is 46.1 Å². The van der Waals surface area contributed by atoms with Crippen LogP contribution in [0.3, 0.4) is 0 Å². The molecule has 4 heteroatoms. The lowest BCUT2D eigenvalue weighted by Crippen LogP contribution is -2.38. The lowest BCUT2D eigenvalue weighted by Gasteiger charge is -2.34. The monoisotopic (exact) mass is 298 g/mol. The maximum absolute atomic E-state index is 4.58. The van der Waals surface area contributed by atoms with Crippen molar-refractivity contribution in [1.82, 2.24) is 20.1 Å². The molecule has 1 saturated heterocycles. The van der Waals surface area contributed by atoms with Crippen LogP contribution in [0.15, 0.2) is 24.4 Å². The normalized spacial score (nSPS) is 17.3. The molecule has 0 aromatic carbocycles. The minimum Gasteiger partial charge on any atom is -0.301 e. The average molecular weight is 298 g/mol. The highest BCUT2D eigenvalue weighted by atomic mass is 15.1. The second-order valence-electron chi connectivity index (χ2n) is 6.77. The van der Waals surface area contributed by atoms with E-state index in [1.807, 2.05) is 19.2 Å². The van der Waals surface area contributed by atoms with Crippen LogP contribution in [-0.4, -0.2) is 39.2 Å². The fraction of sp³-hybridized carbons (Fsp3) is 0.556. The molecule has 3 heterocycles. The summed E-state index contributed by atoms with van der Waals surface area (Å²) < 4.78 is 0. The second-order valence-corrected chi connectivity index (χ2v) is 6.77. The molecular formula is C18H26N4. The first kappa shape index (κ1) is 15.2. The molecule has 2 aromatic rings. The van der Waals surface area contributed by atoms with E-state index in [0.29, 0.717) is 6.04 Å². The minimum absolute atomic E-state index is 0.680. The number of hydrogen-bond acceptors (Lipinski definition) is 3. The summed E-state index contributed by atoms with van der Waals surface area (Å²) in [5.41, 5.74) is 4.29. The number of pyridine rings is 1. The average Bonchev–Trinajstić information content (AvgIpc) is 2.95. The third kappa shape index (κ3) is 3.55. The maximum atomic E-state index is 4.58. The van der Waals surface area contributed by atoms with Gasteiger partial charge in [-0.25, -0.2) is 0 Å². The van der Waals surface area contributed by atoms with E-state index in [1.165, 1.54) is 31.5 Å². The molecule has 22 heavy (non-hydrogen) atoms. The van der Waals surface area contributed by atoms with Gasteiger partial charge in [-0.1, -0.05) is 6.07 Å². The fourth-order valence-electron chi connectivity index (χ4n) is 3.25. The molecule has 2 aromatic heterocycles. The van der Waals surface area contributed by atoms with Crippen molar-refractivity contribution in [3.8, 4) is 11.4 Å². The Morgan fingerprint density at radius 1 is 1.23 bits per heavy atom. The van der Waals surface area contributed by atoms with Gasteiger partial charge in [0.05, 0.1) is 5.69 Å². The van der Waals surface area contributed by atoms with Crippen molar-refractivity contribution in [3.63, 3.8) is 0 Å². The first-order chi connectivity index (χ1) is 10.6. The van der Waals surface area contributed by atoms with Crippen molar-refractivity contribution in [2.45, 2.75) is 46.1 Å². The SMILES string of the molecule is Cc1cc(-c2ccc(CC3CCN(C(C)C)CC3)cn2)n[nH]1. The van der Waals surface area contributed by atoms with Crippen LogP contribution in [0.5, 0.6) is 0 Å². The summed E-state index contributed by atoms with van der Waals surface area (Å²) in [6.07, 6.45) is 5.78. The van der Waals surface area contributed by atoms with Crippen LogP contribution in [0.4, 0.5) is 0 Å². The standard InChI is InChI=1S/C18H26N4/c1-13(2)22-8-6-15(7-9-22)11-16-4-5-17(19-12-16)18-10-14(3)20-21-18/h4-5,10,12-13,15H,6-9,11H2,1-3H3,(H,20,21). The van der Waals surface area contributed by atoms with Gasteiger partial charge in [0.1, 0.15) is 5.69 Å². The highest BCUT2D eigenvalue weighted by Gasteiger charge is 2.21. The minimum atomic E-state index is 0.680. The van der Waals surface area contributed by atoms with Gasteiger partial charge in [-0.3, -0.25) is 10.1 Å². The van der Waals surface area contributed by atoms with Crippen LogP contribution in [0, 0.1) is 12.8 Å². The summed E-state index contributed by atoms with van der Waals surface area (Å²) in [4.78, 5) is 7.16. The third-order valence-electron chi connectivity index (χ3n) is 4.70. The van der Waals surface area contributed by atoms with E-state index in [9.17, 15) is 0 Å². The van der Waals surface area contributed by atoms with E-state index in [1.54, 1.807) is 0 Å². The molecule has 1 N–H and O–H groups in total. The molecule has 118 valence electrons. The van der Waals surface area contributed by atoms with E-state index in [0.717, 1.165) is 29.4 Å². The molecule has 1 aliphatic rings. The van der Waals surface area contributed by atoms with Gasteiger partial charge in [0.15, 0.2) is 0 Å². The number of rotatable bonds is 4. The number of hydrogen-bond donors (Lipinski definition) is 1. The summed E-state index contributed by atoms with van der Waals surface area (Å²) >= 11 is 0. The zero-order valence-electron chi connectivity index (χ0n) is 13.8. The highest BCUT2D eigenvalue weighted by molar-refractivity contribution is 5.54. The fourth-order valence-corrected chi connectivity index (χ4v) is 3.25. The highest BCUT2D eigenvalue weighted by Crippen LogP contribution is 2.23. The predicted octanol–water partition coefficient (Wildman–Crippen LogP) is 3.44. The number of aromatic amines is 1. The maximum Gasteiger partial charge on any atom is 0.111 e. The number of aromatic nitrogens is 3. The van der Waals surface area contributed by atoms with Crippen LogP contribution in [0.1, 0.15) is 37.9 Å². The predicted molar refractivity (Wildman–Crippen MR) is 89.7 cm³/mol. The number of piperidine rings is 1. The molecule has 0 aliphatic carbocycles. The lowest BCUT2D eigenvalue weighted by molar-refractivity contribution is 0.149. The van der Waals surface area contributed by atoms with E-state index < -0.39 is 0 Å². The molecular weight excluding hydrogens is 272 g/mol. The third-order valence-corrected chi connectivity index (χ3v) is 4.70. The van der Waals surface area contributed by atoms with Gasteiger partial charge < -0.3 is 4.90 Å². The zero-order chi connectivity index (χ0) is 15.5. The van der Waals surface area contributed by atoms with Crippen LogP contribution < -0.4 is 0 Å². The molecule has 0 unspecified atom stereocenters. The smallest absolute Gasteiger partial charge is 0.111 e. The number of nitrogens with zero attached hydrogens (tertiary/aromatic N) is 3. The van der Waals surface area contributed by atoms with Crippen molar-refractivity contribution in [2.24, 2.45) is 5.92 Å². The molecule has 0 bridgehead atoms. The van der Waals surface area contributed by atoms with Gasteiger partial charge in [0.25, 0.3) is 0 Å². The summed E-state index contributed by atoms with van der Waals surface area (Å²) in [6.45, 7) is 9.06. The molecule has 0 spiro atoms. The quantitative estimate of drug-likeness (QED) is 0.940. The molecule has 0 amide bonds. The Morgan fingerprint density at radius 3 is 2.55 bits per heavy atom. The van der Waals surface area contributed by atoms with Gasteiger partial charge in [-0.05, 0) is 76.7 Å². The van der Waals surface area contributed by atoms with Crippen molar-refractivity contribution in [1.29, 1.82) is 0 Å². The van der Waals surface area contributed by atoms with Crippen LogP contribution in [-0.2, 0) is 6.42 Å². The summed E-state index contributed by atoms with van der Waals surface area (Å²) in [6, 6.07) is 7.01. The van der Waals surface area contributed by atoms with E-state index in [4.69, 9.17) is 0 Å². The molecule has 1 fully saturated rings. The summed E-state index contributed by atoms with van der Waals surface area (Å²) in [7, 11) is 0. The van der Waals surface area contributed by atoms with Gasteiger partial charge in [-0.15, -0.1) is 0 Å². The summed E-state index contributed by atoms with van der Waals surface area (Å²) in [5, 5.41) is 7.23. The van der Waals surface area contributed by atoms with E-state index in [-0.39, 0.29) is 0 Å². The van der Waals surface area contributed by atoms with Crippen LogP contribution in [0.25, 0.3) is 11.4 Å². The van der Waals surface area contributed by atoms with Gasteiger partial charge in [0.2, 0.25) is 0 Å². The Hall–Kier alpha value is -1.68.